The lowest BCUT2D eigenvalue weighted by atomic mass is 10.3. The van der Waals surface area contributed by atoms with E-state index in [9.17, 15) is 12.8 Å². The Kier molecular flexibility index (Phi) is 4.62. The van der Waals surface area contributed by atoms with Crippen LogP contribution in [0.1, 0.15) is 0 Å². The summed E-state index contributed by atoms with van der Waals surface area (Å²) in [5.41, 5.74) is 5.06. The first-order valence-electron chi connectivity index (χ1n) is 5.30. The van der Waals surface area contributed by atoms with Gasteiger partial charge < -0.3 is 5.73 Å². The first kappa shape index (κ1) is 16.3. The van der Waals surface area contributed by atoms with Crippen molar-refractivity contribution in [1.82, 2.24) is 4.98 Å². The number of aromatic nitrogens is 1. The molecule has 0 aliphatic rings. The average Bonchev–Trinajstić information content (AvgIpc) is 2.42. The average molecular weight is 415 g/mol. The topological polar surface area (TPSA) is 85.1 Å². The molecule has 2 rings (SSSR count). The molecule has 112 valence electrons. The van der Waals surface area contributed by atoms with Crippen LogP contribution in [0.25, 0.3) is 0 Å². The monoisotopic (exact) mass is 413 g/mol. The van der Waals surface area contributed by atoms with Gasteiger partial charge >= 0.3 is 0 Å². The van der Waals surface area contributed by atoms with Crippen LogP contribution >= 0.6 is 39.1 Å². The van der Waals surface area contributed by atoms with Crippen LogP contribution in [0.2, 0.25) is 10.0 Å². The van der Waals surface area contributed by atoms with Gasteiger partial charge in [0.05, 0.1) is 20.2 Å². The highest BCUT2D eigenvalue weighted by Gasteiger charge is 2.25. The molecule has 0 radical (unpaired) electrons. The molecule has 0 spiro atoms. The molecule has 0 unspecified atom stereocenters. The van der Waals surface area contributed by atoms with Crippen molar-refractivity contribution in [3.8, 4) is 0 Å². The molecule has 0 amide bonds. The van der Waals surface area contributed by atoms with Crippen LogP contribution in [0, 0.1) is 5.82 Å². The number of hydrogen-bond donors (Lipinski definition) is 2. The summed E-state index contributed by atoms with van der Waals surface area (Å²) in [6.45, 7) is 0. The smallest absolute Gasteiger partial charge is 0.266 e. The molecule has 0 atom stereocenters. The highest BCUT2D eigenvalue weighted by molar-refractivity contribution is 9.10. The molecule has 1 aromatic heterocycles. The van der Waals surface area contributed by atoms with Gasteiger partial charge in [-0.2, -0.15) is 0 Å². The molecule has 0 saturated carbocycles. The van der Waals surface area contributed by atoms with E-state index in [0.717, 1.165) is 6.07 Å². The number of sulfonamides is 1. The van der Waals surface area contributed by atoms with Crippen molar-refractivity contribution in [2.45, 2.75) is 4.90 Å². The van der Waals surface area contributed by atoms with Crippen molar-refractivity contribution in [2.75, 3.05) is 10.5 Å². The molecule has 0 fully saturated rings. The fourth-order valence-electron chi connectivity index (χ4n) is 1.44. The van der Waals surface area contributed by atoms with Crippen LogP contribution in [0.3, 0.4) is 0 Å². The Morgan fingerprint density at radius 2 is 2.00 bits per heavy atom. The van der Waals surface area contributed by atoms with Gasteiger partial charge in [-0.1, -0.05) is 23.2 Å². The number of anilines is 2. The molecule has 10 heteroatoms. The molecule has 5 nitrogen and oxygen atoms in total. The van der Waals surface area contributed by atoms with Gasteiger partial charge in [-0.15, -0.1) is 0 Å². The SMILES string of the molecule is Nc1c(F)c(S(=O)(=O)Nc2ncccc2Cl)cc(Cl)c1Br. The number of nitrogens with two attached hydrogens (primary N) is 1. The van der Waals surface area contributed by atoms with Crippen LogP contribution in [-0.2, 0) is 10.0 Å². The molecule has 0 bridgehead atoms. The largest absolute Gasteiger partial charge is 0.395 e. The number of nitrogens with one attached hydrogen (secondary N) is 1. The van der Waals surface area contributed by atoms with E-state index in [2.05, 4.69) is 25.6 Å². The second-order valence-corrected chi connectivity index (χ2v) is 7.10. The van der Waals surface area contributed by atoms with Crippen molar-refractivity contribution < 1.29 is 12.8 Å². The van der Waals surface area contributed by atoms with Gasteiger partial charge in [0.15, 0.2) is 11.6 Å². The van der Waals surface area contributed by atoms with E-state index in [1.54, 1.807) is 0 Å². The van der Waals surface area contributed by atoms with E-state index < -0.39 is 26.4 Å². The van der Waals surface area contributed by atoms with Crippen molar-refractivity contribution in [3.63, 3.8) is 0 Å². The van der Waals surface area contributed by atoms with E-state index >= 15 is 0 Å². The number of benzene rings is 1. The van der Waals surface area contributed by atoms with Crippen molar-refractivity contribution >= 4 is 60.7 Å². The van der Waals surface area contributed by atoms with Gasteiger partial charge in [0.2, 0.25) is 0 Å². The van der Waals surface area contributed by atoms with Gasteiger partial charge in [-0.25, -0.2) is 17.8 Å². The van der Waals surface area contributed by atoms with Crippen molar-refractivity contribution in [2.24, 2.45) is 0 Å². The second kappa shape index (κ2) is 5.96. The van der Waals surface area contributed by atoms with Crippen LogP contribution in [0.15, 0.2) is 33.8 Å². The van der Waals surface area contributed by atoms with Gasteiger partial charge in [-0.05, 0) is 34.1 Å². The van der Waals surface area contributed by atoms with Gasteiger partial charge in [-0.3, -0.25) is 4.72 Å². The van der Waals surface area contributed by atoms with E-state index in [0.29, 0.717) is 0 Å². The number of nitrogens with zero attached hydrogens (tertiary/aromatic N) is 1. The number of halogens is 4. The summed E-state index contributed by atoms with van der Waals surface area (Å²) in [6.07, 6.45) is 1.34. The minimum absolute atomic E-state index is 0.0404. The molecule has 0 aliphatic carbocycles. The van der Waals surface area contributed by atoms with E-state index in [4.69, 9.17) is 28.9 Å². The molecule has 1 aromatic carbocycles. The summed E-state index contributed by atoms with van der Waals surface area (Å²) in [5.74, 6) is -1.25. The molecule has 0 aliphatic heterocycles. The maximum absolute atomic E-state index is 14.1. The summed E-state index contributed by atoms with van der Waals surface area (Å²) >= 11 is 14.6. The lowest BCUT2D eigenvalue weighted by Gasteiger charge is -2.12. The number of pyridine rings is 1. The number of nitrogen functional groups attached to an aromatic ring is 1. The molecule has 3 N–H and O–H groups in total. The molecule has 1 heterocycles. The zero-order chi connectivity index (χ0) is 15.8. The quantitative estimate of drug-likeness (QED) is 0.592. The van der Waals surface area contributed by atoms with Crippen LogP contribution < -0.4 is 10.5 Å². The summed E-state index contributed by atoms with van der Waals surface area (Å²) < 4.78 is 40.6. The first-order valence-corrected chi connectivity index (χ1v) is 8.33. The van der Waals surface area contributed by atoms with Crippen LogP contribution in [0.5, 0.6) is 0 Å². The predicted molar refractivity (Wildman–Crippen MR) is 83.6 cm³/mol. The van der Waals surface area contributed by atoms with Crippen molar-refractivity contribution in [3.05, 3.63) is 44.7 Å². The number of rotatable bonds is 3. The Labute approximate surface area is 138 Å². The highest BCUT2D eigenvalue weighted by atomic mass is 79.9. The minimum Gasteiger partial charge on any atom is -0.395 e. The highest BCUT2D eigenvalue weighted by Crippen LogP contribution is 2.35. The Morgan fingerprint density at radius 3 is 2.62 bits per heavy atom. The Morgan fingerprint density at radius 1 is 1.33 bits per heavy atom. The molecule has 0 saturated heterocycles. The summed E-state index contributed by atoms with van der Waals surface area (Å²) in [7, 11) is -4.29. The fraction of sp³-hybridized carbons (Fsp3) is 0. The molecule has 21 heavy (non-hydrogen) atoms. The maximum Gasteiger partial charge on any atom is 0.266 e. The third-order valence-electron chi connectivity index (χ3n) is 2.44. The van der Waals surface area contributed by atoms with Gasteiger partial charge in [0.25, 0.3) is 10.0 Å². The summed E-state index contributed by atoms with van der Waals surface area (Å²) in [5, 5.41) is 0.0269. The lowest BCUT2D eigenvalue weighted by Crippen LogP contribution is -2.16. The van der Waals surface area contributed by atoms with E-state index in [1.807, 2.05) is 0 Å². The third-order valence-corrected chi connectivity index (χ3v) is 5.46. The lowest BCUT2D eigenvalue weighted by molar-refractivity contribution is 0.572. The maximum atomic E-state index is 14.1. The normalized spacial score (nSPS) is 11.4. The Bertz CT molecular complexity index is 817. The Balaban J connectivity index is 2.53. The first-order chi connectivity index (χ1) is 9.74. The van der Waals surface area contributed by atoms with E-state index in [1.165, 1.54) is 18.3 Å². The summed E-state index contributed by atoms with van der Waals surface area (Å²) in [6, 6.07) is 3.90. The molecular weight excluding hydrogens is 408 g/mol. The molecule has 2 aromatic rings. The fourth-order valence-corrected chi connectivity index (χ4v) is 3.37. The zero-order valence-electron chi connectivity index (χ0n) is 10.1. The zero-order valence-corrected chi connectivity index (χ0v) is 14.0. The predicted octanol–water partition coefficient (Wildman–Crippen LogP) is 3.67. The number of hydrogen-bond acceptors (Lipinski definition) is 4. The minimum atomic E-state index is -4.29. The van der Waals surface area contributed by atoms with E-state index in [-0.39, 0.29) is 20.3 Å². The second-order valence-electron chi connectivity index (χ2n) is 3.84. The van der Waals surface area contributed by atoms with Crippen LogP contribution in [-0.4, -0.2) is 13.4 Å². The molecular formula is C11H7BrCl2FN3O2S. The summed E-state index contributed by atoms with van der Waals surface area (Å²) in [4.78, 5) is 3.06. The van der Waals surface area contributed by atoms with Crippen molar-refractivity contribution in [1.29, 1.82) is 0 Å². The third kappa shape index (κ3) is 3.23. The Hall–Kier alpha value is -1.09. The van der Waals surface area contributed by atoms with Gasteiger partial charge in [0.1, 0.15) is 4.90 Å². The standard InChI is InChI=1S/C11H7BrCl2FN3O2S/c12-8-6(14)4-7(9(15)10(8)16)21(19,20)18-11-5(13)2-1-3-17-11/h1-4H,16H2,(H,17,18). The van der Waals surface area contributed by atoms with Gasteiger partial charge in [0, 0.05) is 6.20 Å². The van der Waals surface area contributed by atoms with Crippen LogP contribution in [0.4, 0.5) is 15.9 Å².